The minimum atomic E-state index is -0.555. The van der Waals surface area contributed by atoms with Gasteiger partial charge in [0.1, 0.15) is 26.2 Å². The van der Waals surface area contributed by atoms with Crippen LogP contribution in [0.15, 0.2) is 24.3 Å². The Kier molecular flexibility index (Phi) is 48.3. The van der Waals surface area contributed by atoms with Crippen molar-refractivity contribution in [2.45, 2.75) is 206 Å². The molecule has 0 spiro atoms. The van der Waals surface area contributed by atoms with E-state index in [1.165, 1.54) is 116 Å². The maximum atomic E-state index is 13.4. The Bertz CT molecular complexity index is 931. The van der Waals surface area contributed by atoms with Gasteiger partial charge in [-0.25, -0.2) is 0 Å². The maximum Gasteiger partial charge on any atom is 0.306 e. The molecule has 10 heteroatoms. The Morgan fingerprint density at radius 1 is 0.433 bits per heavy atom. The highest BCUT2D eigenvalue weighted by atomic mass is 127. The van der Waals surface area contributed by atoms with Gasteiger partial charge in [-0.1, -0.05) is 141 Å². The first-order valence-electron chi connectivity index (χ1n) is 24.3. The molecule has 0 heterocycles. The van der Waals surface area contributed by atoms with Crippen molar-refractivity contribution in [3.05, 3.63) is 24.3 Å². The summed E-state index contributed by atoms with van der Waals surface area (Å²) < 4.78 is 24.6. The summed E-state index contributed by atoms with van der Waals surface area (Å²) >= 11 is 0. The van der Waals surface area contributed by atoms with E-state index in [2.05, 4.69) is 66.3 Å². The lowest BCUT2D eigenvalue weighted by molar-refractivity contribution is -0.901. The van der Waals surface area contributed by atoms with E-state index >= 15 is 0 Å². The molecule has 60 heavy (non-hydrogen) atoms. The van der Waals surface area contributed by atoms with Crippen LogP contribution >= 0.6 is 0 Å². The largest absolute Gasteiger partial charge is 1.00 e. The van der Waals surface area contributed by atoms with Crippen LogP contribution in [0.4, 0.5) is 0 Å². The lowest BCUT2D eigenvalue weighted by Crippen LogP contribution is -3.00. The van der Waals surface area contributed by atoms with Crippen molar-refractivity contribution in [3.63, 3.8) is 0 Å². The molecule has 0 aliphatic heterocycles. The standard InChI is InChI=1S/C50H98N2O6.2HI/c1-9-11-13-15-17-19-21-23-25-27-29-31-33-35-37-39-49(53)57-47(45-51(3,4)41-43-55-7)48(46-52(5,6)42-44-56-8)58-50(54)40-38-36-34-32-30-28-26-24-22-20-18-16-14-12-10-2;;/h23-26,47-48H,9-22,27-46H2,1-8H3;2*1H/q+2;;/p-2/b25-23-,26-24-;;. The number of likely N-dealkylation sites (N-methyl/N-ethyl adjacent to an activating group) is 2. The van der Waals surface area contributed by atoms with Crippen LogP contribution in [-0.4, -0.2) is 115 Å². The second kappa shape index (κ2) is 45.3. The summed E-state index contributed by atoms with van der Waals surface area (Å²) in [6.45, 7) is 8.33. The van der Waals surface area contributed by atoms with Gasteiger partial charge in [0.05, 0.1) is 41.4 Å². The van der Waals surface area contributed by atoms with Crippen molar-refractivity contribution >= 4 is 11.9 Å². The number of carbonyl (C=O) groups is 2. The van der Waals surface area contributed by atoms with Crippen molar-refractivity contribution in [1.82, 2.24) is 0 Å². The first-order valence-corrected chi connectivity index (χ1v) is 24.3. The fourth-order valence-electron chi connectivity index (χ4n) is 7.43. The highest BCUT2D eigenvalue weighted by molar-refractivity contribution is 5.70. The van der Waals surface area contributed by atoms with Gasteiger partial charge in [-0.05, 0) is 64.2 Å². The monoisotopic (exact) mass is 1080 g/mol. The molecule has 0 aromatic heterocycles. The fourth-order valence-corrected chi connectivity index (χ4v) is 7.43. The average molecular weight is 1080 g/mol. The zero-order valence-corrected chi connectivity index (χ0v) is 44.9. The molecule has 0 rings (SSSR count). The third-order valence-electron chi connectivity index (χ3n) is 11.4. The summed E-state index contributed by atoms with van der Waals surface area (Å²) in [5.41, 5.74) is 0. The average Bonchev–Trinajstić information content (AvgIpc) is 3.18. The molecule has 0 bridgehead atoms. The van der Waals surface area contributed by atoms with Crippen molar-refractivity contribution in [3.8, 4) is 0 Å². The minimum absolute atomic E-state index is 0. The number of hydrogen-bond acceptors (Lipinski definition) is 6. The topological polar surface area (TPSA) is 71.1 Å². The number of halogens is 2. The number of nitrogens with zero attached hydrogens (tertiary/aromatic N) is 2. The van der Waals surface area contributed by atoms with Gasteiger partial charge in [0.15, 0.2) is 12.2 Å². The zero-order chi connectivity index (χ0) is 43.0. The summed E-state index contributed by atoms with van der Waals surface area (Å²) in [4.78, 5) is 26.8. The van der Waals surface area contributed by atoms with Gasteiger partial charge < -0.3 is 75.9 Å². The lowest BCUT2D eigenvalue weighted by Gasteiger charge is -2.39. The Morgan fingerprint density at radius 2 is 0.700 bits per heavy atom. The second-order valence-corrected chi connectivity index (χ2v) is 18.4. The Hall–Kier alpha value is -0.280. The fraction of sp³-hybridized carbons (Fsp3) is 0.880. The molecule has 0 fully saturated rings. The number of unbranched alkanes of at least 4 members (excludes halogenated alkanes) is 22. The second-order valence-electron chi connectivity index (χ2n) is 18.4. The van der Waals surface area contributed by atoms with Crippen molar-refractivity contribution in [2.75, 3.05) is 81.8 Å². The quantitative estimate of drug-likeness (QED) is 0.0234. The maximum absolute atomic E-state index is 13.4. The van der Waals surface area contributed by atoms with Crippen LogP contribution in [0.2, 0.25) is 0 Å². The number of rotatable bonds is 43. The Labute approximate surface area is 406 Å². The highest BCUT2D eigenvalue weighted by Gasteiger charge is 2.39. The summed E-state index contributed by atoms with van der Waals surface area (Å²) in [5, 5.41) is 0. The smallest absolute Gasteiger partial charge is 0.306 e. The summed E-state index contributed by atoms with van der Waals surface area (Å²) in [7, 11) is 11.9. The van der Waals surface area contributed by atoms with Crippen molar-refractivity contribution in [2.24, 2.45) is 0 Å². The number of hydrogen-bond donors (Lipinski definition) is 0. The van der Waals surface area contributed by atoms with E-state index in [1.54, 1.807) is 14.2 Å². The molecular weight excluding hydrogens is 978 g/mol. The number of methoxy groups -OCH3 is 2. The molecule has 0 aromatic rings. The van der Waals surface area contributed by atoms with E-state index in [9.17, 15) is 9.59 Å². The highest BCUT2D eigenvalue weighted by Crippen LogP contribution is 2.19. The Balaban J connectivity index is -0.0000162. The molecule has 8 nitrogen and oxygen atoms in total. The van der Waals surface area contributed by atoms with Crippen LogP contribution in [0.3, 0.4) is 0 Å². The predicted molar refractivity (Wildman–Crippen MR) is 246 cm³/mol. The van der Waals surface area contributed by atoms with E-state index in [1.807, 2.05) is 0 Å². The van der Waals surface area contributed by atoms with Crippen LogP contribution in [0, 0.1) is 0 Å². The number of quaternary nitrogens is 2. The van der Waals surface area contributed by atoms with Gasteiger partial charge in [-0.3, -0.25) is 9.59 Å². The van der Waals surface area contributed by atoms with Gasteiger partial charge in [0, 0.05) is 27.1 Å². The molecule has 358 valence electrons. The number of carbonyl (C=O) groups excluding carboxylic acids is 2. The van der Waals surface area contributed by atoms with Crippen molar-refractivity contribution in [1.29, 1.82) is 0 Å². The summed E-state index contributed by atoms with van der Waals surface area (Å²) in [6.07, 6.45) is 40.7. The molecule has 0 aliphatic carbocycles. The molecule has 0 aromatic carbocycles. The van der Waals surface area contributed by atoms with Gasteiger partial charge >= 0.3 is 11.9 Å². The number of ether oxygens (including phenoxy) is 4. The van der Waals surface area contributed by atoms with Crippen molar-refractivity contribution < 1.29 is 85.5 Å². The predicted octanol–water partition coefficient (Wildman–Crippen LogP) is 6.34. The molecule has 0 aliphatic rings. The van der Waals surface area contributed by atoms with Gasteiger partial charge in [0.25, 0.3) is 0 Å². The molecule has 0 amide bonds. The number of esters is 2. The minimum Gasteiger partial charge on any atom is -1.00 e. The van der Waals surface area contributed by atoms with Gasteiger partial charge in [0.2, 0.25) is 0 Å². The van der Waals surface area contributed by atoms with Crippen LogP contribution in [0.1, 0.15) is 194 Å². The lowest BCUT2D eigenvalue weighted by atomic mass is 10.1. The van der Waals surface area contributed by atoms with E-state index in [4.69, 9.17) is 18.9 Å². The van der Waals surface area contributed by atoms with Crippen LogP contribution < -0.4 is 48.0 Å². The van der Waals surface area contributed by atoms with E-state index in [0.29, 0.717) is 48.1 Å². The molecule has 2 atom stereocenters. The Morgan fingerprint density at radius 3 is 0.983 bits per heavy atom. The first-order chi connectivity index (χ1) is 28.0. The molecule has 0 saturated heterocycles. The van der Waals surface area contributed by atoms with E-state index in [-0.39, 0.29) is 59.9 Å². The van der Waals surface area contributed by atoms with E-state index in [0.717, 1.165) is 64.5 Å². The molecule has 0 saturated carbocycles. The molecular formula is C50H98I2N2O6. The third-order valence-corrected chi connectivity index (χ3v) is 11.4. The van der Waals surface area contributed by atoms with E-state index < -0.39 is 12.2 Å². The van der Waals surface area contributed by atoms with Gasteiger partial charge in [-0.2, -0.15) is 0 Å². The first kappa shape index (κ1) is 64.0. The molecule has 0 radical (unpaired) electrons. The van der Waals surface area contributed by atoms with Crippen LogP contribution in [0.5, 0.6) is 0 Å². The number of allylic oxidation sites excluding steroid dienone is 4. The molecule has 2 unspecified atom stereocenters. The molecule has 0 N–H and O–H groups in total. The summed E-state index contributed by atoms with van der Waals surface area (Å²) in [5.74, 6) is -0.398. The normalized spacial score (nSPS) is 13.0. The van der Waals surface area contributed by atoms with Crippen LogP contribution in [0.25, 0.3) is 0 Å². The van der Waals surface area contributed by atoms with Gasteiger partial charge in [-0.15, -0.1) is 0 Å². The summed E-state index contributed by atoms with van der Waals surface area (Å²) in [6, 6.07) is 0. The third kappa shape index (κ3) is 43.0. The zero-order valence-electron chi connectivity index (χ0n) is 40.6. The van der Waals surface area contributed by atoms with Crippen LogP contribution in [-0.2, 0) is 28.5 Å². The SMILES string of the molecule is CCCCCCCC/C=C\CCCCCCCC(=O)OC(C[N+](C)(C)CCOC)C(C[N+](C)(C)CCOC)OC(=O)CCCCCCC/C=C\CCCCCCCC.[I-].[I-].